The summed E-state index contributed by atoms with van der Waals surface area (Å²) < 4.78 is 0. The molecule has 5 atom stereocenters. The zero-order chi connectivity index (χ0) is 28.7. The van der Waals surface area contributed by atoms with Crippen LogP contribution in [0.1, 0.15) is 69.7 Å². The zero-order valence-electron chi connectivity index (χ0n) is 22.4. The average molecular weight is 535 g/mol. The summed E-state index contributed by atoms with van der Waals surface area (Å²) in [4.78, 5) is 27.8. The highest BCUT2D eigenvalue weighted by atomic mass is 16.3. The molecule has 0 fully saturated rings. The van der Waals surface area contributed by atoms with E-state index in [-0.39, 0.29) is 28.0 Å². The van der Waals surface area contributed by atoms with Gasteiger partial charge in [-0.3, -0.25) is 9.59 Å². The summed E-state index contributed by atoms with van der Waals surface area (Å²) in [6.45, 7) is 5.94. The fraction of sp³-hybridized carbons (Fsp3) is 0.273. The smallest absolute Gasteiger partial charge is 0.198 e. The average Bonchev–Trinajstić information content (AvgIpc) is 2.96. The van der Waals surface area contributed by atoms with Gasteiger partial charge in [-0.2, -0.15) is 0 Å². The number of carbonyl (C=O) groups excluding carboxylic acids is 2. The van der Waals surface area contributed by atoms with Crippen molar-refractivity contribution in [2.45, 2.75) is 51.5 Å². The highest BCUT2D eigenvalue weighted by Crippen LogP contribution is 2.49. The van der Waals surface area contributed by atoms with E-state index in [1.807, 2.05) is 32.0 Å². The van der Waals surface area contributed by atoms with Gasteiger partial charge >= 0.3 is 0 Å². The number of carbonyl (C=O) groups is 2. The highest BCUT2D eigenvalue weighted by molar-refractivity contribution is 6.32. The Morgan fingerprint density at radius 2 is 1.60 bits per heavy atom. The summed E-state index contributed by atoms with van der Waals surface area (Å²) in [7, 11) is 0. The molecule has 7 heteroatoms. The van der Waals surface area contributed by atoms with Crippen LogP contribution in [0, 0.1) is 29.6 Å². The lowest BCUT2D eigenvalue weighted by Crippen LogP contribution is -2.47. The van der Waals surface area contributed by atoms with Crippen LogP contribution in [-0.2, 0) is 6.54 Å². The van der Waals surface area contributed by atoms with E-state index in [1.54, 1.807) is 25.1 Å². The quantitative estimate of drug-likeness (QED) is 0.196. The largest absolute Gasteiger partial charge is 0.507 e. The molecule has 202 valence electrons. The lowest BCUT2D eigenvalue weighted by Gasteiger charge is -2.42. The van der Waals surface area contributed by atoms with E-state index in [9.17, 15) is 24.9 Å². The second-order valence-corrected chi connectivity index (χ2v) is 9.87. The first kappa shape index (κ1) is 27.2. The van der Waals surface area contributed by atoms with Crippen molar-refractivity contribution in [1.82, 2.24) is 0 Å². The van der Waals surface area contributed by atoms with Crippen molar-refractivity contribution in [3.8, 4) is 29.4 Å². The van der Waals surface area contributed by atoms with Crippen molar-refractivity contribution in [1.29, 1.82) is 0 Å². The first-order valence-corrected chi connectivity index (χ1v) is 13.4. The van der Waals surface area contributed by atoms with Gasteiger partial charge in [0.05, 0.1) is 29.0 Å². The molecule has 0 saturated carbocycles. The number of rotatable bonds is 2. The third-order valence-corrected chi connectivity index (χ3v) is 7.63. The molecule has 3 aromatic rings. The lowest BCUT2D eigenvalue weighted by atomic mass is 9.69. The fourth-order valence-corrected chi connectivity index (χ4v) is 5.89. The van der Waals surface area contributed by atoms with Gasteiger partial charge in [-0.15, -0.1) is 0 Å². The number of nitrogens with one attached hydrogen (secondary N) is 1. The third kappa shape index (κ3) is 4.26. The predicted octanol–water partition coefficient (Wildman–Crippen LogP) is 3.62. The summed E-state index contributed by atoms with van der Waals surface area (Å²) in [5.41, 5.74) is 7.74. The summed E-state index contributed by atoms with van der Waals surface area (Å²) in [5.74, 6) is 8.83. The van der Waals surface area contributed by atoms with Gasteiger partial charge in [0, 0.05) is 29.5 Å². The number of benzene rings is 3. The third-order valence-electron chi connectivity index (χ3n) is 7.63. The maximum Gasteiger partial charge on any atom is 0.198 e. The highest BCUT2D eigenvalue weighted by Gasteiger charge is 2.46. The van der Waals surface area contributed by atoms with Crippen molar-refractivity contribution in [2.75, 3.05) is 5.32 Å². The van der Waals surface area contributed by atoms with Crippen LogP contribution in [0.25, 0.3) is 10.8 Å². The SMILES string of the molecule is CC.CC(O)C1C2C#C/C=C\C#CC(O)C1c1cc(O)c3c(c1N2)C(=O)c1cc2ccc(CN)cc2cc1C3=O. The van der Waals surface area contributed by atoms with Gasteiger partial charge in [0.15, 0.2) is 11.6 Å². The second-order valence-electron chi connectivity index (χ2n) is 9.87. The van der Waals surface area contributed by atoms with Crippen LogP contribution >= 0.6 is 0 Å². The molecular formula is C33H30N2O5. The number of fused-ring (bicyclic) bond motifs is 8. The summed E-state index contributed by atoms with van der Waals surface area (Å²) >= 11 is 0. The molecule has 40 heavy (non-hydrogen) atoms. The van der Waals surface area contributed by atoms with E-state index in [0.717, 1.165) is 16.3 Å². The van der Waals surface area contributed by atoms with Crippen molar-refractivity contribution in [3.05, 3.63) is 81.9 Å². The molecule has 3 aliphatic rings. The molecule has 1 aliphatic heterocycles. The van der Waals surface area contributed by atoms with Crippen LogP contribution in [0.15, 0.2) is 48.6 Å². The molecular weight excluding hydrogens is 504 g/mol. The van der Waals surface area contributed by atoms with Crippen LogP contribution in [0.3, 0.4) is 0 Å². The number of aromatic hydroxyl groups is 1. The van der Waals surface area contributed by atoms with Crippen LogP contribution < -0.4 is 11.1 Å². The molecule has 2 aliphatic carbocycles. The molecule has 0 spiro atoms. The van der Waals surface area contributed by atoms with Crippen LogP contribution in [-0.4, -0.2) is 45.1 Å². The Kier molecular flexibility index (Phi) is 7.23. The van der Waals surface area contributed by atoms with Crippen LogP contribution in [0.4, 0.5) is 5.69 Å². The number of aliphatic hydroxyl groups excluding tert-OH is 2. The normalized spacial score (nSPS) is 23.4. The monoisotopic (exact) mass is 534 g/mol. The first-order chi connectivity index (χ1) is 19.3. The maximum atomic E-state index is 14.0. The lowest BCUT2D eigenvalue weighted by molar-refractivity contribution is 0.0646. The molecule has 5 unspecified atom stereocenters. The maximum absolute atomic E-state index is 14.0. The number of hydrogen-bond acceptors (Lipinski definition) is 7. The Bertz CT molecular complexity index is 1710. The van der Waals surface area contributed by atoms with Gasteiger partial charge in [0.1, 0.15) is 11.9 Å². The van der Waals surface area contributed by atoms with E-state index in [0.29, 0.717) is 17.8 Å². The standard InChI is InChI=1S/C31H24N2O5.C2H6/c1-15(34)25-22-6-4-2-3-5-7-23(35)26(25)21-13-24(36)27-28(29(21)33-22)31(38)19-11-17-9-8-16(14-32)10-18(17)12-20(19)30(27)37;1-2/h2-3,8-13,15,22-23,25-26,33-36H,14,32H2,1H3;1-2H3/b3-2-;. The van der Waals surface area contributed by atoms with Gasteiger partial charge in [0.2, 0.25) is 0 Å². The summed E-state index contributed by atoms with van der Waals surface area (Å²) in [6, 6.07) is 9.69. The van der Waals surface area contributed by atoms with Gasteiger partial charge in [-0.1, -0.05) is 49.7 Å². The number of phenols is 1. The molecule has 2 bridgehead atoms. The van der Waals surface area contributed by atoms with E-state index < -0.39 is 41.7 Å². The molecule has 0 radical (unpaired) electrons. The van der Waals surface area contributed by atoms with Crippen molar-refractivity contribution in [3.63, 3.8) is 0 Å². The molecule has 7 nitrogen and oxygen atoms in total. The summed E-state index contributed by atoms with van der Waals surface area (Å²) in [5, 5.41) is 37.7. The van der Waals surface area contributed by atoms with E-state index in [1.165, 1.54) is 12.1 Å². The van der Waals surface area contributed by atoms with Gasteiger partial charge < -0.3 is 26.4 Å². The Morgan fingerprint density at radius 3 is 2.27 bits per heavy atom. The van der Waals surface area contributed by atoms with Gasteiger partial charge in [-0.05, 0) is 65.2 Å². The Balaban J connectivity index is 0.00000158. The minimum absolute atomic E-state index is 0.0315. The van der Waals surface area contributed by atoms with Gasteiger partial charge in [-0.25, -0.2) is 0 Å². The molecule has 1 heterocycles. The molecule has 3 aromatic carbocycles. The van der Waals surface area contributed by atoms with Crippen molar-refractivity contribution in [2.24, 2.45) is 11.7 Å². The number of hydrogen-bond donors (Lipinski definition) is 5. The number of anilines is 1. The summed E-state index contributed by atoms with van der Waals surface area (Å²) in [6.07, 6.45) is 0.956. The number of phenolic OH excluding ortho intramolecular Hbond substituents is 1. The van der Waals surface area contributed by atoms with Gasteiger partial charge in [0.25, 0.3) is 0 Å². The Morgan fingerprint density at radius 1 is 0.950 bits per heavy atom. The van der Waals surface area contributed by atoms with Crippen molar-refractivity contribution < 1.29 is 24.9 Å². The van der Waals surface area contributed by atoms with Crippen LogP contribution in [0.5, 0.6) is 5.75 Å². The minimum atomic E-state index is -1.22. The minimum Gasteiger partial charge on any atom is -0.507 e. The topological polar surface area (TPSA) is 133 Å². The number of ketones is 2. The van der Waals surface area contributed by atoms with Crippen molar-refractivity contribution >= 4 is 28.0 Å². The Labute approximate surface area is 232 Å². The fourth-order valence-electron chi connectivity index (χ4n) is 5.89. The molecule has 0 saturated heterocycles. The first-order valence-electron chi connectivity index (χ1n) is 13.4. The van der Waals surface area contributed by atoms with E-state index in [2.05, 4.69) is 29.0 Å². The second kappa shape index (κ2) is 10.6. The molecule has 0 amide bonds. The number of allylic oxidation sites excluding steroid dienone is 2. The van der Waals surface area contributed by atoms with E-state index in [4.69, 9.17) is 5.73 Å². The van der Waals surface area contributed by atoms with E-state index >= 15 is 0 Å². The number of aliphatic hydroxyl groups is 2. The predicted molar refractivity (Wildman–Crippen MR) is 154 cm³/mol. The molecule has 6 N–H and O–H groups in total. The molecule has 6 rings (SSSR count). The number of nitrogens with two attached hydrogens (primary N) is 1. The zero-order valence-corrected chi connectivity index (χ0v) is 22.4. The van der Waals surface area contributed by atoms with Crippen LogP contribution in [0.2, 0.25) is 0 Å². The molecule has 0 aromatic heterocycles. The Hall–Kier alpha value is -4.40.